The van der Waals surface area contributed by atoms with E-state index in [0.717, 1.165) is 32.5 Å². The molecule has 1 aliphatic heterocycles. The van der Waals surface area contributed by atoms with Crippen LogP contribution in [0.5, 0.6) is 0 Å². The van der Waals surface area contributed by atoms with Gasteiger partial charge in [-0.25, -0.2) is 8.78 Å². The lowest BCUT2D eigenvalue weighted by atomic mass is 9.94. The summed E-state index contributed by atoms with van der Waals surface area (Å²) >= 11 is 0. The van der Waals surface area contributed by atoms with Crippen LogP contribution in [0.1, 0.15) is 49.1 Å². The van der Waals surface area contributed by atoms with E-state index in [4.69, 9.17) is 0 Å². The van der Waals surface area contributed by atoms with Crippen LogP contribution < -0.4 is 5.32 Å². The molecular formula is C22H28F2N4O. The van der Waals surface area contributed by atoms with E-state index in [1.165, 1.54) is 29.2 Å². The number of nitrogens with one attached hydrogen (secondary N) is 1. The number of hydrogen-bond donors (Lipinski definition) is 1. The fourth-order valence-corrected chi connectivity index (χ4v) is 4.36. The van der Waals surface area contributed by atoms with Gasteiger partial charge in [0.2, 0.25) is 5.91 Å². The highest BCUT2D eigenvalue weighted by Crippen LogP contribution is 2.48. The van der Waals surface area contributed by atoms with Crippen molar-refractivity contribution in [1.29, 1.82) is 0 Å². The van der Waals surface area contributed by atoms with Crippen molar-refractivity contribution < 1.29 is 13.6 Å². The molecule has 4 rings (SSSR count). The van der Waals surface area contributed by atoms with Crippen molar-refractivity contribution in [3.8, 4) is 0 Å². The highest BCUT2D eigenvalue weighted by molar-refractivity contribution is 5.76. The summed E-state index contributed by atoms with van der Waals surface area (Å²) in [5.74, 6) is -0.168. The second-order valence-electron chi connectivity index (χ2n) is 8.43. The molecule has 0 bridgehead atoms. The number of likely N-dealkylation sites (tertiary alicyclic amines) is 1. The lowest BCUT2D eigenvalue weighted by Gasteiger charge is -2.35. The first kappa shape index (κ1) is 20.0. The zero-order valence-electron chi connectivity index (χ0n) is 16.8. The maximum Gasteiger partial charge on any atom is 0.282 e. The molecule has 1 aromatic carbocycles. The Morgan fingerprint density at radius 1 is 1.24 bits per heavy atom. The number of aromatic nitrogens is 2. The van der Waals surface area contributed by atoms with Crippen LogP contribution >= 0.6 is 0 Å². The predicted octanol–water partition coefficient (Wildman–Crippen LogP) is 3.44. The number of halogens is 2. The summed E-state index contributed by atoms with van der Waals surface area (Å²) < 4.78 is 26.9. The minimum atomic E-state index is -2.62. The molecule has 1 N–H and O–H groups in total. The van der Waals surface area contributed by atoms with Crippen molar-refractivity contribution in [2.75, 3.05) is 19.6 Å². The Morgan fingerprint density at radius 2 is 1.93 bits per heavy atom. The smallest absolute Gasteiger partial charge is 0.282 e. The molecule has 1 aromatic heterocycles. The molecule has 5 nitrogen and oxygen atoms in total. The zero-order valence-corrected chi connectivity index (χ0v) is 16.8. The first-order valence-corrected chi connectivity index (χ1v) is 10.3. The fraction of sp³-hybridized carbons (Fsp3) is 0.545. The molecule has 156 valence electrons. The minimum Gasteiger partial charge on any atom is -0.352 e. The van der Waals surface area contributed by atoms with Gasteiger partial charge in [0.15, 0.2) is 0 Å². The van der Waals surface area contributed by atoms with Gasteiger partial charge in [-0.1, -0.05) is 30.3 Å². The van der Waals surface area contributed by atoms with Gasteiger partial charge in [0.1, 0.15) is 12.2 Å². The third-order valence-corrected chi connectivity index (χ3v) is 6.24. The fourth-order valence-electron chi connectivity index (χ4n) is 4.36. The number of benzene rings is 1. The Balaban J connectivity index is 1.24. The van der Waals surface area contributed by atoms with Crippen molar-refractivity contribution in [3.63, 3.8) is 0 Å². The molecule has 2 fully saturated rings. The van der Waals surface area contributed by atoms with E-state index in [1.807, 2.05) is 0 Å². The van der Waals surface area contributed by atoms with E-state index < -0.39 is 6.43 Å². The van der Waals surface area contributed by atoms with Gasteiger partial charge in [0.05, 0.1) is 0 Å². The number of aryl methyl sites for hydroxylation is 1. The highest BCUT2D eigenvalue weighted by Gasteiger charge is 2.45. The summed E-state index contributed by atoms with van der Waals surface area (Å²) in [7, 11) is 0. The molecule has 0 radical (unpaired) electrons. The summed E-state index contributed by atoms with van der Waals surface area (Å²) in [4.78, 5) is 14.9. The second kappa shape index (κ2) is 8.22. The summed E-state index contributed by atoms with van der Waals surface area (Å²) in [6.45, 7) is 4.69. The topological polar surface area (TPSA) is 50.2 Å². The standard InChI is InChI=1S/C22H28F2N4O/c1-16-13-19(21(23)24)26-28(16)14-20(29)25-18-7-11-27(12-8-18)15-22(9-10-22)17-5-3-2-4-6-17/h2-6,13,18,21H,7-12,14-15H2,1H3,(H,25,29). The monoisotopic (exact) mass is 402 g/mol. The second-order valence-corrected chi connectivity index (χ2v) is 8.43. The molecule has 0 unspecified atom stereocenters. The van der Waals surface area contributed by atoms with Gasteiger partial charge in [-0.2, -0.15) is 5.10 Å². The zero-order chi connectivity index (χ0) is 20.4. The van der Waals surface area contributed by atoms with Gasteiger partial charge in [-0.15, -0.1) is 0 Å². The molecule has 1 saturated heterocycles. The normalized spacial score (nSPS) is 19.4. The van der Waals surface area contributed by atoms with Gasteiger partial charge >= 0.3 is 0 Å². The van der Waals surface area contributed by atoms with Gasteiger partial charge in [0, 0.05) is 36.8 Å². The van der Waals surface area contributed by atoms with Gasteiger partial charge < -0.3 is 10.2 Å². The van der Waals surface area contributed by atoms with Crippen molar-refractivity contribution in [3.05, 3.63) is 53.3 Å². The third-order valence-electron chi connectivity index (χ3n) is 6.24. The van der Waals surface area contributed by atoms with Crippen molar-refractivity contribution in [2.24, 2.45) is 0 Å². The van der Waals surface area contributed by atoms with Crippen molar-refractivity contribution >= 4 is 5.91 Å². The Morgan fingerprint density at radius 3 is 2.52 bits per heavy atom. The van der Waals surface area contributed by atoms with Gasteiger partial charge in [0.25, 0.3) is 6.43 Å². The molecule has 2 aliphatic rings. The van der Waals surface area contributed by atoms with E-state index >= 15 is 0 Å². The van der Waals surface area contributed by atoms with Crippen molar-refractivity contribution in [1.82, 2.24) is 20.0 Å². The van der Waals surface area contributed by atoms with Crippen LogP contribution in [0.3, 0.4) is 0 Å². The lowest BCUT2D eigenvalue weighted by molar-refractivity contribution is -0.122. The molecule has 29 heavy (non-hydrogen) atoms. The SMILES string of the molecule is Cc1cc(C(F)F)nn1CC(=O)NC1CCN(CC2(c3ccccc3)CC2)CC1. The van der Waals surface area contributed by atoms with E-state index in [9.17, 15) is 13.6 Å². The molecule has 2 aromatic rings. The first-order chi connectivity index (χ1) is 13.9. The van der Waals surface area contributed by atoms with E-state index in [-0.39, 0.29) is 24.2 Å². The Kier molecular flexibility index (Phi) is 5.67. The number of amides is 1. The van der Waals surface area contributed by atoms with E-state index in [0.29, 0.717) is 11.1 Å². The average Bonchev–Trinajstić information content (AvgIpc) is 3.40. The van der Waals surface area contributed by atoms with Crippen LogP contribution in [0, 0.1) is 6.92 Å². The Bertz CT molecular complexity index is 840. The van der Waals surface area contributed by atoms with Crippen LogP contribution in [-0.2, 0) is 16.8 Å². The van der Waals surface area contributed by atoms with Gasteiger partial charge in [-0.3, -0.25) is 9.48 Å². The summed E-state index contributed by atoms with van der Waals surface area (Å²) in [5, 5.41) is 6.88. The van der Waals surface area contributed by atoms with Crippen LogP contribution in [-0.4, -0.2) is 46.3 Å². The molecule has 7 heteroatoms. The number of carbonyl (C=O) groups is 1. The average molecular weight is 402 g/mol. The molecule has 2 heterocycles. The molecule has 1 saturated carbocycles. The molecule has 1 aliphatic carbocycles. The van der Waals surface area contributed by atoms with Gasteiger partial charge in [-0.05, 0) is 44.2 Å². The Labute approximate surface area is 170 Å². The van der Waals surface area contributed by atoms with Crippen LogP contribution in [0.25, 0.3) is 0 Å². The number of hydrogen-bond acceptors (Lipinski definition) is 3. The summed E-state index contributed by atoms with van der Waals surface area (Å²) in [6, 6.07) is 12.2. The highest BCUT2D eigenvalue weighted by atomic mass is 19.3. The number of nitrogens with zero attached hydrogens (tertiary/aromatic N) is 3. The number of piperidine rings is 1. The Hall–Kier alpha value is -2.28. The van der Waals surface area contributed by atoms with Crippen LogP contribution in [0.15, 0.2) is 36.4 Å². The van der Waals surface area contributed by atoms with E-state index in [2.05, 4.69) is 45.6 Å². The third kappa shape index (κ3) is 4.66. The number of carbonyl (C=O) groups excluding carboxylic acids is 1. The summed E-state index contributed by atoms with van der Waals surface area (Å²) in [6.07, 6.45) is 1.70. The van der Waals surface area contributed by atoms with Crippen LogP contribution in [0.2, 0.25) is 0 Å². The number of alkyl halides is 2. The molecular weight excluding hydrogens is 374 g/mol. The maximum atomic E-state index is 12.8. The molecule has 0 atom stereocenters. The van der Waals surface area contributed by atoms with Crippen molar-refractivity contribution in [2.45, 2.75) is 57.0 Å². The van der Waals surface area contributed by atoms with E-state index in [1.54, 1.807) is 6.92 Å². The molecule has 1 amide bonds. The minimum absolute atomic E-state index is 0.0180. The quantitative estimate of drug-likeness (QED) is 0.772. The largest absolute Gasteiger partial charge is 0.352 e. The lowest BCUT2D eigenvalue weighted by Crippen LogP contribution is -2.47. The van der Waals surface area contributed by atoms with Crippen LogP contribution in [0.4, 0.5) is 8.78 Å². The number of rotatable bonds is 7. The summed E-state index contributed by atoms with van der Waals surface area (Å²) in [5.41, 5.74) is 2.04. The maximum absolute atomic E-state index is 12.8. The molecule has 0 spiro atoms. The first-order valence-electron chi connectivity index (χ1n) is 10.3. The predicted molar refractivity (Wildman–Crippen MR) is 107 cm³/mol.